The van der Waals surface area contributed by atoms with Gasteiger partial charge < -0.3 is 9.80 Å². The number of anilines is 2. The molecule has 4 nitrogen and oxygen atoms in total. The quantitative estimate of drug-likeness (QED) is 0.801. The second-order valence-corrected chi connectivity index (χ2v) is 5.63. The molecule has 0 aliphatic carbocycles. The van der Waals surface area contributed by atoms with Gasteiger partial charge in [-0.2, -0.15) is 13.2 Å². The summed E-state index contributed by atoms with van der Waals surface area (Å²) >= 11 is 0. The van der Waals surface area contributed by atoms with Crippen molar-refractivity contribution in [2.45, 2.75) is 20.0 Å². The minimum absolute atomic E-state index is 0.0322. The third kappa shape index (κ3) is 4.62. The smallest absolute Gasteiger partial charge is 0.311 e. The number of carbonyl (C=O) groups is 2. The molecule has 0 bridgehead atoms. The predicted molar refractivity (Wildman–Crippen MR) is 93.9 cm³/mol. The zero-order valence-electron chi connectivity index (χ0n) is 14.5. The van der Waals surface area contributed by atoms with Gasteiger partial charge in [0.25, 0.3) is 0 Å². The van der Waals surface area contributed by atoms with Crippen LogP contribution in [0.25, 0.3) is 0 Å². The van der Waals surface area contributed by atoms with E-state index in [2.05, 4.69) is 0 Å². The van der Waals surface area contributed by atoms with Crippen LogP contribution in [0.4, 0.5) is 24.5 Å². The fraction of sp³-hybridized carbons (Fsp3) is 0.263. The number of para-hydroxylation sites is 1. The number of halogens is 3. The molecule has 0 saturated heterocycles. The summed E-state index contributed by atoms with van der Waals surface area (Å²) in [6, 6.07) is 13.3. The molecule has 0 radical (unpaired) electrons. The molecule has 0 atom stereocenters. The summed E-state index contributed by atoms with van der Waals surface area (Å²) < 4.78 is 38.8. The van der Waals surface area contributed by atoms with Gasteiger partial charge in [0.15, 0.2) is 0 Å². The highest BCUT2D eigenvalue weighted by molar-refractivity contribution is 6.03. The van der Waals surface area contributed by atoms with Gasteiger partial charge in [0.05, 0.1) is 5.56 Å². The Hall–Kier alpha value is -2.83. The minimum Gasteiger partial charge on any atom is -0.311 e. The van der Waals surface area contributed by atoms with E-state index in [0.29, 0.717) is 12.2 Å². The summed E-state index contributed by atoms with van der Waals surface area (Å²) in [4.78, 5) is 27.1. The summed E-state index contributed by atoms with van der Waals surface area (Å²) in [5.41, 5.74) is -0.179. The third-order valence-electron chi connectivity index (χ3n) is 3.84. The van der Waals surface area contributed by atoms with Crippen LogP contribution in [0.1, 0.15) is 19.4 Å². The lowest BCUT2D eigenvalue weighted by Crippen LogP contribution is -2.42. The van der Waals surface area contributed by atoms with E-state index in [1.54, 1.807) is 31.2 Å². The van der Waals surface area contributed by atoms with E-state index in [-0.39, 0.29) is 18.1 Å². The number of amides is 2. The van der Waals surface area contributed by atoms with E-state index in [0.717, 1.165) is 17.0 Å². The molecular weight excluding hydrogens is 345 g/mol. The molecule has 2 aromatic rings. The average molecular weight is 364 g/mol. The van der Waals surface area contributed by atoms with E-state index >= 15 is 0 Å². The van der Waals surface area contributed by atoms with Gasteiger partial charge in [0.1, 0.15) is 6.54 Å². The zero-order valence-corrected chi connectivity index (χ0v) is 14.5. The lowest BCUT2D eigenvalue weighted by Gasteiger charge is -2.26. The first kappa shape index (κ1) is 19.5. The van der Waals surface area contributed by atoms with Crippen molar-refractivity contribution in [3.8, 4) is 0 Å². The molecule has 138 valence electrons. The summed E-state index contributed by atoms with van der Waals surface area (Å²) in [6.45, 7) is 3.02. The van der Waals surface area contributed by atoms with Crippen molar-refractivity contribution in [2.24, 2.45) is 0 Å². The Kier molecular flexibility index (Phi) is 6.02. The van der Waals surface area contributed by atoms with Crippen molar-refractivity contribution >= 4 is 23.2 Å². The van der Waals surface area contributed by atoms with Crippen molar-refractivity contribution in [3.05, 3.63) is 60.2 Å². The zero-order chi connectivity index (χ0) is 19.3. The van der Waals surface area contributed by atoms with Crippen LogP contribution >= 0.6 is 0 Å². The van der Waals surface area contributed by atoms with Gasteiger partial charge in [-0.15, -0.1) is 0 Å². The molecule has 7 heteroatoms. The van der Waals surface area contributed by atoms with E-state index in [4.69, 9.17) is 0 Å². The van der Waals surface area contributed by atoms with Crippen LogP contribution in [0.15, 0.2) is 54.6 Å². The fourth-order valence-electron chi connectivity index (χ4n) is 2.57. The summed E-state index contributed by atoms with van der Waals surface area (Å²) in [5, 5.41) is 0. The number of benzene rings is 2. The Morgan fingerprint density at radius 1 is 0.923 bits per heavy atom. The number of rotatable bonds is 5. The first-order valence-corrected chi connectivity index (χ1v) is 8.04. The Labute approximate surface area is 149 Å². The largest absolute Gasteiger partial charge is 0.416 e. The maximum atomic E-state index is 12.9. The van der Waals surface area contributed by atoms with E-state index < -0.39 is 17.6 Å². The number of carbonyl (C=O) groups excluding carboxylic acids is 2. The van der Waals surface area contributed by atoms with Crippen LogP contribution in [0, 0.1) is 0 Å². The lowest BCUT2D eigenvalue weighted by atomic mass is 10.1. The number of hydrogen-bond acceptors (Lipinski definition) is 2. The molecule has 2 aromatic carbocycles. The normalized spacial score (nSPS) is 11.1. The number of alkyl halides is 3. The highest BCUT2D eigenvalue weighted by atomic mass is 19.4. The Morgan fingerprint density at radius 3 is 2.08 bits per heavy atom. The van der Waals surface area contributed by atoms with Gasteiger partial charge in [-0.1, -0.05) is 24.3 Å². The monoisotopic (exact) mass is 364 g/mol. The van der Waals surface area contributed by atoms with Gasteiger partial charge in [0.2, 0.25) is 11.8 Å². The van der Waals surface area contributed by atoms with Crippen molar-refractivity contribution in [2.75, 3.05) is 22.9 Å². The predicted octanol–water partition coefficient (Wildman–Crippen LogP) is 4.11. The van der Waals surface area contributed by atoms with E-state index in [9.17, 15) is 22.8 Å². The molecule has 2 amide bonds. The first-order valence-electron chi connectivity index (χ1n) is 8.04. The molecule has 0 fully saturated rings. The van der Waals surface area contributed by atoms with Crippen LogP contribution in [-0.4, -0.2) is 24.9 Å². The standard InChI is InChI=1S/C19H19F3N2O2/c1-3-23(16-9-5-4-6-10-16)18(26)13-24(14(2)25)17-11-7-8-15(12-17)19(20,21)22/h4-12H,3,13H2,1-2H3. The van der Waals surface area contributed by atoms with Gasteiger partial charge in [-0.3, -0.25) is 9.59 Å². The molecule has 0 aromatic heterocycles. The summed E-state index contributed by atoms with van der Waals surface area (Å²) in [7, 11) is 0. The number of likely N-dealkylation sites (N-methyl/N-ethyl adjacent to an activating group) is 1. The van der Waals surface area contributed by atoms with Crippen LogP contribution in [-0.2, 0) is 15.8 Å². The van der Waals surface area contributed by atoms with Crippen LogP contribution in [0.3, 0.4) is 0 Å². The fourth-order valence-corrected chi connectivity index (χ4v) is 2.57. The summed E-state index contributed by atoms with van der Waals surface area (Å²) in [5.74, 6) is -0.895. The maximum Gasteiger partial charge on any atom is 0.416 e. The molecule has 0 heterocycles. The van der Waals surface area contributed by atoms with Gasteiger partial charge >= 0.3 is 6.18 Å². The van der Waals surface area contributed by atoms with Crippen molar-refractivity contribution < 1.29 is 22.8 Å². The van der Waals surface area contributed by atoms with E-state index in [1.165, 1.54) is 24.0 Å². The molecule has 26 heavy (non-hydrogen) atoms. The Bertz CT molecular complexity index is 776. The molecule has 0 spiro atoms. The topological polar surface area (TPSA) is 40.6 Å². The van der Waals surface area contributed by atoms with Crippen LogP contribution < -0.4 is 9.80 Å². The summed E-state index contributed by atoms with van der Waals surface area (Å²) in [6.07, 6.45) is -4.53. The molecule has 0 aliphatic heterocycles. The van der Waals surface area contributed by atoms with E-state index in [1.807, 2.05) is 6.07 Å². The van der Waals surface area contributed by atoms with Crippen LogP contribution in [0.2, 0.25) is 0 Å². The molecule has 0 N–H and O–H groups in total. The molecular formula is C19H19F3N2O2. The minimum atomic E-state index is -4.53. The molecule has 0 unspecified atom stereocenters. The van der Waals surface area contributed by atoms with Gasteiger partial charge in [-0.05, 0) is 37.3 Å². The molecule has 0 saturated carbocycles. The first-order chi connectivity index (χ1) is 12.2. The van der Waals surface area contributed by atoms with Gasteiger partial charge in [-0.25, -0.2) is 0 Å². The Balaban J connectivity index is 2.28. The highest BCUT2D eigenvalue weighted by Gasteiger charge is 2.31. The number of nitrogens with zero attached hydrogens (tertiary/aromatic N) is 2. The van der Waals surface area contributed by atoms with Crippen molar-refractivity contribution in [3.63, 3.8) is 0 Å². The van der Waals surface area contributed by atoms with Crippen molar-refractivity contribution in [1.82, 2.24) is 0 Å². The molecule has 0 aliphatic rings. The highest BCUT2D eigenvalue weighted by Crippen LogP contribution is 2.31. The van der Waals surface area contributed by atoms with Crippen LogP contribution in [0.5, 0.6) is 0 Å². The number of hydrogen-bond donors (Lipinski definition) is 0. The molecule has 2 rings (SSSR count). The maximum absolute atomic E-state index is 12.9. The van der Waals surface area contributed by atoms with Gasteiger partial charge in [0, 0.05) is 24.8 Å². The average Bonchev–Trinajstić information content (AvgIpc) is 2.60. The van der Waals surface area contributed by atoms with Crippen molar-refractivity contribution in [1.29, 1.82) is 0 Å². The SMILES string of the molecule is CCN(C(=O)CN(C(C)=O)c1cccc(C(F)(F)F)c1)c1ccccc1. The lowest BCUT2D eigenvalue weighted by molar-refractivity contribution is -0.137. The second kappa shape index (κ2) is 8.03. The second-order valence-electron chi connectivity index (χ2n) is 5.63. The Morgan fingerprint density at radius 2 is 1.54 bits per heavy atom. The third-order valence-corrected chi connectivity index (χ3v) is 3.84.